The number of piperidine rings is 1. The van der Waals surface area contributed by atoms with Crippen molar-refractivity contribution in [1.29, 1.82) is 0 Å². The van der Waals surface area contributed by atoms with Crippen LogP contribution in [0, 0.1) is 5.92 Å². The van der Waals surface area contributed by atoms with Gasteiger partial charge in [-0.2, -0.15) is 0 Å². The van der Waals surface area contributed by atoms with Gasteiger partial charge in [0, 0.05) is 26.2 Å². The zero-order valence-electron chi connectivity index (χ0n) is 14.8. The fraction of sp³-hybridized carbons (Fsp3) is 0.333. The van der Waals surface area contributed by atoms with Crippen LogP contribution in [0.2, 0.25) is 0 Å². The summed E-state index contributed by atoms with van der Waals surface area (Å²) in [5, 5.41) is 0. The first kappa shape index (κ1) is 16.6. The maximum atomic E-state index is 13.2. The summed E-state index contributed by atoms with van der Waals surface area (Å²) in [5.41, 5.74) is 0.535. The van der Waals surface area contributed by atoms with Gasteiger partial charge in [-0.25, -0.2) is 0 Å². The molecule has 2 amide bonds. The van der Waals surface area contributed by atoms with Crippen molar-refractivity contribution in [3.63, 3.8) is 0 Å². The van der Waals surface area contributed by atoms with Gasteiger partial charge in [-0.1, -0.05) is 30.3 Å². The third-order valence-electron chi connectivity index (χ3n) is 5.34. The van der Waals surface area contributed by atoms with E-state index in [4.69, 9.17) is 4.74 Å². The minimum atomic E-state index is -0.0927. The van der Waals surface area contributed by atoms with E-state index in [9.17, 15) is 9.59 Å². The Balaban J connectivity index is 1.60. The number of carbonyl (C=O) groups is 2. The van der Waals surface area contributed by atoms with Crippen molar-refractivity contribution in [1.82, 2.24) is 9.80 Å². The molecule has 0 unspecified atom stereocenters. The van der Waals surface area contributed by atoms with Crippen LogP contribution in [0.3, 0.4) is 0 Å². The summed E-state index contributed by atoms with van der Waals surface area (Å²) < 4.78 is 5.94. The molecule has 3 aliphatic heterocycles. The standard InChI is InChI=1S/C21H22N2O3/c1-22-16-12-11-15(20(22)24)13-23(14-16)21(25)18-9-5-6-10-19(18)26-17-7-3-2-4-8-17/h2-10,15-16H,11-14H2,1H3/t15-,16+/m1/s1. The number of fused-ring (bicyclic) bond motifs is 4. The smallest absolute Gasteiger partial charge is 0.257 e. The molecule has 0 aromatic heterocycles. The molecule has 5 rings (SSSR count). The lowest BCUT2D eigenvalue weighted by molar-refractivity contribution is -0.138. The Labute approximate surface area is 153 Å². The zero-order valence-corrected chi connectivity index (χ0v) is 14.8. The maximum Gasteiger partial charge on any atom is 0.257 e. The number of rotatable bonds is 3. The van der Waals surface area contributed by atoms with Crippen LogP contribution < -0.4 is 4.74 Å². The Morgan fingerprint density at radius 2 is 1.73 bits per heavy atom. The number of hydrogen-bond donors (Lipinski definition) is 0. The van der Waals surface area contributed by atoms with Crippen LogP contribution in [-0.4, -0.2) is 47.8 Å². The van der Waals surface area contributed by atoms with Gasteiger partial charge in [-0.15, -0.1) is 0 Å². The predicted octanol–water partition coefficient (Wildman–Crippen LogP) is 3.17. The molecule has 3 aliphatic rings. The van der Waals surface area contributed by atoms with Gasteiger partial charge in [0.15, 0.2) is 0 Å². The van der Waals surface area contributed by atoms with Crippen molar-refractivity contribution < 1.29 is 14.3 Å². The molecule has 5 heteroatoms. The minimum Gasteiger partial charge on any atom is -0.457 e. The summed E-state index contributed by atoms with van der Waals surface area (Å²) >= 11 is 0. The van der Waals surface area contributed by atoms with Crippen molar-refractivity contribution in [2.45, 2.75) is 18.9 Å². The molecule has 2 aromatic carbocycles. The summed E-state index contributed by atoms with van der Waals surface area (Å²) in [7, 11) is 1.85. The van der Waals surface area contributed by atoms with Gasteiger partial charge >= 0.3 is 0 Å². The van der Waals surface area contributed by atoms with Gasteiger partial charge in [-0.05, 0) is 37.1 Å². The lowest BCUT2D eigenvalue weighted by atomic mass is 9.95. The molecule has 0 N–H and O–H groups in total. The number of carbonyl (C=O) groups excluding carboxylic acids is 2. The topological polar surface area (TPSA) is 49.9 Å². The van der Waals surface area contributed by atoms with E-state index in [-0.39, 0.29) is 23.8 Å². The molecular formula is C21H22N2O3. The number of benzene rings is 2. The number of para-hydroxylation sites is 2. The van der Waals surface area contributed by atoms with Crippen molar-refractivity contribution >= 4 is 11.8 Å². The largest absolute Gasteiger partial charge is 0.457 e. The van der Waals surface area contributed by atoms with E-state index in [1.807, 2.05) is 65.4 Å². The van der Waals surface area contributed by atoms with Gasteiger partial charge in [0.25, 0.3) is 5.91 Å². The van der Waals surface area contributed by atoms with Crippen LogP contribution >= 0.6 is 0 Å². The average molecular weight is 350 g/mol. The Kier molecular flexibility index (Phi) is 4.37. The van der Waals surface area contributed by atoms with Gasteiger partial charge in [-0.3, -0.25) is 9.59 Å². The Hall–Kier alpha value is -2.82. The molecule has 2 aromatic rings. The molecule has 3 heterocycles. The summed E-state index contributed by atoms with van der Waals surface area (Å²) in [6.07, 6.45) is 1.82. The summed E-state index contributed by atoms with van der Waals surface area (Å²) in [6, 6.07) is 16.8. The summed E-state index contributed by atoms with van der Waals surface area (Å²) in [5.74, 6) is 1.23. The molecular weight excluding hydrogens is 328 g/mol. The third-order valence-corrected chi connectivity index (χ3v) is 5.34. The fourth-order valence-electron chi connectivity index (χ4n) is 3.84. The van der Waals surface area contributed by atoms with Gasteiger partial charge < -0.3 is 14.5 Å². The Bertz CT molecular complexity index is 821. The highest BCUT2D eigenvalue weighted by molar-refractivity contribution is 5.97. The third kappa shape index (κ3) is 3.05. The molecule has 0 saturated carbocycles. The number of hydrogen-bond acceptors (Lipinski definition) is 3. The van der Waals surface area contributed by atoms with Crippen LogP contribution in [0.25, 0.3) is 0 Å². The Morgan fingerprint density at radius 1 is 1.00 bits per heavy atom. The second-order valence-electron chi connectivity index (χ2n) is 7.00. The molecule has 134 valence electrons. The number of likely N-dealkylation sites (N-methyl/N-ethyl adjacent to an activating group) is 1. The molecule has 2 bridgehead atoms. The highest BCUT2D eigenvalue weighted by Gasteiger charge is 2.40. The monoisotopic (exact) mass is 350 g/mol. The van der Waals surface area contributed by atoms with Gasteiger partial charge in [0.2, 0.25) is 5.91 Å². The lowest BCUT2D eigenvalue weighted by Gasteiger charge is -2.32. The number of amides is 2. The SMILES string of the molecule is CN1C(=O)[C@@H]2CC[C@H]1CN(C(=O)c1ccccc1Oc1ccccc1)C2. The van der Waals surface area contributed by atoms with Gasteiger partial charge in [0.05, 0.1) is 11.5 Å². The van der Waals surface area contributed by atoms with E-state index >= 15 is 0 Å². The van der Waals surface area contributed by atoms with E-state index in [0.717, 1.165) is 12.8 Å². The van der Waals surface area contributed by atoms with E-state index < -0.39 is 0 Å². The molecule has 0 aliphatic carbocycles. The quantitative estimate of drug-likeness (QED) is 0.854. The van der Waals surface area contributed by atoms with Crippen LogP contribution in [0.5, 0.6) is 11.5 Å². The summed E-state index contributed by atoms with van der Waals surface area (Å²) in [6.45, 7) is 1.06. The Morgan fingerprint density at radius 3 is 2.54 bits per heavy atom. The predicted molar refractivity (Wildman–Crippen MR) is 98.1 cm³/mol. The molecule has 3 fully saturated rings. The van der Waals surface area contributed by atoms with Crippen molar-refractivity contribution in [3.05, 3.63) is 60.2 Å². The number of nitrogens with zero attached hydrogens (tertiary/aromatic N) is 2. The first-order chi connectivity index (χ1) is 12.6. The van der Waals surface area contributed by atoms with Crippen molar-refractivity contribution in [2.75, 3.05) is 20.1 Å². The molecule has 3 saturated heterocycles. The minimum absolute atomic E-state index is 0.0727. The van der Waals surface area contributed by atoms with Crippen LogP contribution in [0.15, 0.2) is 54.6 Å². The highest BCUT2D eigenvalue weighted by Crippen LogP contribution is 2.31. The van der Waals surface area contributed by atoms with Gasteiger partial charge in [0.1, 0.15) is 11.5 Å². The van der Waals surface area contributed by atoms with Crippen LogP contribution in [0.4, 0.5) is 0 Å². The first-order valence-electron chi connectivity index (χ1n) is 9.01. The van der Waals surface area contributed by atoms with Crippen molar-refractivity contribution in [3.8, 4) is 11.5 Å². The second kappa shape index (κ2) is 6.83. The molecule has 0 spiro atoms. The van der Waals surface area contributed by atoms with E-state index in [0.29, 0.717) is 30.2 Å². The van der Waals surface area contributed by atoms with Crippen LogP contribution in [-0.2, 0) is 4.79 Å². The van der Waals surface area contributed by atoms with Crippen molar-refractivity contribution in [2.24, 2.45) is 5.92 Å². The lowest BCUT2D eigenvalue weighted by Crippen LogP contribution is -2.45. The molecule has 26 heavy (non-hydrogen) atoms. The van der Waals surface area contributed by atoms with E-state index in [2.05, 4.69) is 0 Å². The zero-order chi connectivity index (χ0) is 18.1. The molecule has 2 atom stereocenters. The second-order valence-corrected chi connectivity index (χ2v) is 7.00. The van der Waals surface area contributed by atoms with Crippen LogP contribution in [0.1, 0.15) is 23.2 Å². The molecule has 5 nitrogen and oxygen atoms in total. The summed E-state index contributed by atoms with van der Waals surface area (Å²) in [4.78, 5) is 29.2. The average Bonchev–Trinajstić information content (AvgIpc) is 2.96. The number of ether oxygens (including phenoxy) is 1. The fourth-order valence-corrected chi connectivity index (χ4v) is 3.84. The van der Waals surface area contributed by atoms with E-state index in [1.165, 1.54) is 0 Å². The molecule has 0 radical (unpaired) electrons. The maximum absolute atomic E-state index is 13.2. The first-order valence-corrected chi connectivity index (χ1v) is 9.01. The highest BCUT2D eigenvalue weighted by atomic mass is 16.5. The van der Waals surface area contributed by atoms with E-state index in [1.54, 1.807) is 6.07 Å². The normalized spacial score (nSPS) is 22.3.